The summed E-state index contributed by atoms with van der Waals surface area (Å²) in [5, 5.41) is 9.21. The molecule has 0 unspecified atom stereocenters. The van der Waals surface area contributed by atoms with Gasteiger partial charge < -0.3 is 20.2 Å². The summed E-state index contributed by atoms with van der Waals surface area (Å²) in [6, 6.07) is 1.93. The van der Waals surface area contributed by atoms with Crippen molar-refractivity contribution >= 4 is 11.8 Å². The smallest absolute Gasteiger partial charge is 0.123 e. The summed E-state index contributed by atoms with van der Waals surface area (Å²) < 4.78 is 5.70. The molecular weight excluding hydrogens is 224 g/mol. The number of aliphatic hydroxyl groups excluding tert-OH is 1. The molecule has 4 nitrogen and oxygen atoms in total. The number of hydrogen-bond donors (Lipinski definition) is 2. The fraction of sp³-hybridized carbons (Fsp3) is 0.636. The summed E-state index contributed by atoms with van der Waals surface area (Å²) in [5.74, 6) is 3.52. The highest BCUT2D eigenvalue weighted by atomic mass is 32.2. The normalized spacial score (nSPS) is 11.3. The Bertz CT molecular complexity index is 313. The lowest BCUT2D eigenvalue weighted by Crippen LogP contribution is -2.11. The summed E-state index contributed by atoms with van der Waals surface area (Å²) >= 11 is 1.74. The minimum atomic E-state index is 0.0359. The largest absolute Gasteiger partial charge is 0.463 e. The van der Waals surface area contributed by atoms with Crippen molar-refractivity contribution in [1.29, 1.82) is 0 Å². The molecule has 16 heavy (non-hydrogen) atoms. The Hall–Kier alpha value is -0.490. The van der Waals surface area contributed by atoms with Gasteiger partial charge in [0, 0.05) is 17.9 Å². The van der Waals surface area contributed by atoms with Gasteiger partial charge in [-0.25, -0.2) is 0 Å². The van der Waals surface area contributed by atoms with E-state index in [9.17, 15) is 5.11 Å². The van der Waals surface area contributed by atoms with E-state index in [1.54, 1.807) is 11.8 Å². The molecular formula is C11H20N2O2S. The number of rotatable bonds is 7. The lowest BCUT2D eigenvalue weighted by Gasteiger charge is -2.07. The van der Waals surface area contributed by atoms with Crippen LogP contribution in [0.3, 0.4) is 0 Å². The molecule has 0 fully saturated rings. The van der Waals surface area contributed by atoms with Crippen molar-refractivity contribution in [3.63, 3.8) is 0 Å². The number of aliphatic hydroxyl groups is 1. The molecule has 0 aliphatic heterocycles. The third-order valence-electron chi connectivity index (χ3n) is 2.08. The van der Waals surface area contributed by atoms with Crippen LogP contribution in [0.2, 0.25) is 0 Å². The minimum Gasteiger partial charge on any atom is -0.463 e. The zero-order chi connectivity index (χ0) is 12.0. The first-order valence-corrected chi connectivity index (χ1v) is 6.46. The quantitative estimate of drug-likeness (QED) is 0.701. The van der Waals surface area contributed by atoms with Gasteiger partial charge in [-0.2, -0.15) is 11.8 Å². The summed E-state index contributed by atoms with van der Waals surface area (Å²) in [4.78, 5) is 2.02. The first-order valence-electron chi connectivity index (χ1n) is 5.31. The van der Waals surface area contributed by atoms with Gasteiger partial charge in [0.1, 0.15) is 11.5 Å². The van der Waals surface area contributed by atoms with Crippen molar-refractivity contribution in [1.82, 2.24) is 4.90 Å². The second-order valence-electron chi connectivity index (χ2n) is 3.90. The lowest BCUT2D eigenvalue weighted by molar-refractivity contribution is 0.271. The van der Waals surface area contributed by atoms with E-state index < -0.39 is 0 Å². The molecule has 0 radical (unpaired) electrons. The number of hydrogen-bond acceptors (Lipinski definition) is 5. The zero-order valence-corrected chi connectivity index (χ0v) is 10.7. The molecule has 1 aromatic rings. The van der Waals surface area contributed by atoms with Crippen LogP contribution in [0.4, 0.5) is 0 Å². The second kappa shape index (κ2) is 6.96. The summed E-state index contributed by atoms with van der Waals surface area (Å²) in [6.07, 6.45) is 0. The Labute approximate surface area is 101 Å². The van der Waals surface area contributed by atoms with Crippen LogP contribution in [0.1, 0.15) is 17.1 Å². The van der Waals surface area contributed by atoms with Crippen LogP contribution in [0.5, 0.6) is 0 Å². The van der Waals surface area contributed by atoms with Gasteiger partial charge in [-0.3, -0.25) is 0 Å². The van der Waals surface area contributed by atoms with E-state index in [0.29, 0.717) is 6.54 Å². The van der Waals surface area contributed by atoms with Gasteiger partial charge in [-0.1, -0.05) is 0 Å². The summed E-state index contributed by atoms with van der Waals surface area (Å²) in [6.45, 7) is 1.44. The van der Waals surface area contributed by atoms with Gasteiger partial charge in [0.2, 0.25) is 0 Å². The molecule has 3 N–H and O–H groups in total. The van der Waals surface area contributed by atoms with E-state index in [2.05, 4.69) is 0 Å². The summed E-state index contributed by atoms with van der Waals surface area (Å²) in [7, 11) is 3.96. The fourth-order valence-corrected chi connectivity index (χ4v) is 2.06. The van der Waals surface area contributed by atoms with Crippen LogP contribution in [0.25, 0.3) is 0 Å². The predicted molar refractivity (Wildman–Crippen MR) is 67.2 cm³/mol. The van der Waals surface area contributed by atoms with E-state index in [0.717, 1.165) is 35.1 Å². The van der Waals surface area contributed by atoms with Crippen molar-refractivity contribution in [3.8, 4) is 0 Å². The molecule has 0 saturated carbocycles. The molecule has 0 spiro atoms. The Balaban J connectivity index is 2.62. The topological polar surface area (TPSA) is 62.6 Å². The number of thioether (sulfide) groups is 1. The third kappa shape index (κ3) is 4.17. The van der Waals surface area contributed by atoms with Crippen LogP contribution in [0.15, 0.2) is 10.5 Å². The monoisotopic (exact) mass is 244 g/mol. The lowest BCUT2D eigenvalue weighted by atomic mass is 10.2. The maximum Gasteiger partial charge on any atom is 0.123 e. The molecule has 92 valence electrons. The Kier molecular flexibility index (Phi) is 5.90. The Morgan fingerprint density at radius 2 is 2.25 bits per heavy atom. The van der Waals surface area contributed by atoms with E-state index >= 15 is 0 Å². The Morgan fingerprint density at radius 3 is 2.81 bits per heavy atom. The van der Waals surface area contributed by atoms with Gasteiger partial charge in [-0.15, -0.1) is 0 Å². The van der Waals surface area contributed by atoms with Gasteiger partial charge in [0.15, 0.2) is 0 Å². The van der Waals surface area contributed by atoms with Crippen molar-refractivity contribution in [2.45, 2.75) is 18.9 Å². The molecule has 5 heteroatoms. The predicted octanol–water partition coefficient (Wildman–Crippen LogP) is 1.03. The third-order valence-corrected chi connectivity index (χ3v) is 3.10. The van der Waals surface area contributed by atoms with Crippen LogP contribution >= 0.6 is 11.8 Å². The van der Waals surface area contributed by atoms with Gasteiger partial charge >= 0.3 is 0 Å². The Morgan fingerprint density at radius 1 is 1.50 bits per heavy atom. The first kappa shape index (κ1) is 13.6. The maximum atomic E-state index is 9.21. The molecule has 0 saturated heterocycles. The molecule has 0 atom stereocenters. The first-order chi connectivity index (χ1) is 7.67. The second-order valence-corrected chi connectivity index (χ2v) is 5.00. The highest BCUT2D eigenvalue weighted by Crippen LogP contribution is 2.20. The average molecular weight is 244 g/mol. The van der Waals surface area contributed by atoms with E-state index in [4.69, 9.17) is 10.2 Å². The van der Waals surface area contributed by atoms with Crippen LogP contribution in [-0.4, -0.2) is 36.4 Å². The molecule has 0 bridgehead atoms. The molecule has 1 aromatic heterocycles. The van der Waals surface area contributed by atoms with Crippen molar-refractivity contribution in [3.05, 3.63) is 23.2 Å². The molecule has 0 aliphatic carbocycles. The SMILES string of the molecule is CN(C)Cc1oc(CSCCN)cc1CO. The van der Waals surface area contributed by atoms with Crippen molar-refractivity contribution in [2.75, 3.05) is 26.4 Å². The molecule has 0 aromatic carbocycles. The average Bonchev–Trinajstić information content (AvgIpc) is 2.60. The van der Waals surface area contributed by atoms with E-state index in [-0.39, 0.29) is 6.61 Å². The fourth-order valence-electron chi connectivity index (χ4n) is 1.41. The summed E-state index contributed by atoms with van der Waals surface area (Å²) in [5.41, 5.74) is 6.31. The van der Waals surface area contributed by atoms with Crippen molar-refractivity contribution < 1.29 is 9.52 Å². The molecule has 1 heterocycles. The van der Waals surface area contributed by atoms with Crippen LogP contribution < -0.4 is 5.73 Å². The molecule has 0 amide bonds. The van der Waals surface area contributed by atoms with E-state index in [1.165, 1.54) is 0 Å². The van der Waals surface area contributed by atoms with Crippen LogP contribution in [-0.2, 0) is 18.9 Å². The van der Waals surface area contributed by atoms with Gasteiger partial charge in [0.05, 0.1) is 18.9 Å². The van der Waals surface area contributed by atoms with Crippen molar-refractivity contribution in [2.24, 2.45) is 5.73 Å². The van der Waals surface area contributed by atoms with Gasteiger partial charge in [-0.05, 0) is 20.2 Å². The minimum absolute atomic E-state index is 0.0359. The molecule has 1 rings (SSSR count). The standard InChI is InChI=1S/C11H20N2O2S/c1-13(2)6-11-9(7-14)5-10(15-11)8-16-4-3-12/h5,14H,3-4,6-8,12H2,1-2H3. The number of nitrogens with two attached hydrogens (primary N) is 1. The molecule has 0 aliphatic rings. The highest BCUT2D eigenvalue weighted by Gasteiger charge is 2.10. The maximum absolute atomic E-state index is 9.21. The van der Waals surface area contributed by atoms with Crippen LogP contribution in [0, 0.1) is 0 Å². The van der Waals surface area contributed by atoms with E-state index in [1.807, 2.05) is 25.1 Å². The highest BCUT2D eigenvalue weighted by molar-refractivity contribution is 7.98. The number of furan rings is 1. The number of nitrogens with zero attached hydrogens (tertiary/aromatic N) is 1. The zero-order valence-electron chi connectivity index (χ0n) is 9.90. The van der Waals surface area contributed by atoms with Gasteiger partial charge in [0.25, 0.3) is 0 Å².